The van der Waals surface area contributed by atoms with Gasteiger partial charge in [-0.05, 0) is 42.7 Å². The predicted molar refractivity (Wildman–Crippen MR) is 78.0 cm³/mol. The van der Waals surface area contributed by atoms with Gasteiger partial charge in [-0.25, -0.2) is 0 Å². The van der Waals surface area contributed by atoms with Gasteiger partial charge in [0.2, 0.25) is 5.91 Å². The van der Waals surface area contributed by atoms with Crippen molar-refractivity contribution in [1.82, 2.24) is 10.2 Å². The highest BCUT2D eigenvalue weighted by molar-refractivity contribution is 7.98. The van der Waals surface area contributed by atoms with E-state index in [-0.39, 0.29) is 12.1 Å². The van der Waals surface area contributed by atoms with Crippen LogP contribution >= 0.6 is 11.8 Å². The Balaban J connectivity index is 1.74. The number of rotatable bonds is 4. The minimum Gasteiger partial charge on any atom is -0.322 e. The maximum Gasteiger partial charge on any atom is 0.238 e. The summed E-state index contributed by atoms with van der Waals surface area (Å²) in [5.41, 5.74) is 1.20. The van der Waals surface area contributed by atoms with Gasteiger partial charge in [0.15, 0.2) is 0 Å². The van der Waals surface area contributed by atoms with Gasteiger partial charge in [-0.15, -0.1) is 11.8 Å². The lowest BCUT2D eigenvalue weighted by molar-refractivity contribution is -0.129. The molecule has 1 amide bonds. The van der Waals surface area contributed by atoms with E-state index in [2.05, 4.69) is 35.8 Å². The molecule has 1 saturated heterocycles. The molecule has 1 heterocycles. The zero-order chi connectivity index (χ0) is 13.2. The second-order valence-corrected chi connectivity index (χ2v) is 6.28. The van der Waals surface area contributed by atoms with Crippen LogP contribution in [-0.2, 0) is 4.79 Å². The Labute approximate surface area is 118 Å². The number of carbonyl (C=O) groups excluding carboxylic acids is 1. The summed E-state index contributed by atoms with van der Waals surface area (Å²) in [4.78, 5) is 15.3. The fourth-order valence-corrected chi connectivity index (χ4v) is 3.19. The molecule has 0 spiro atoms. The van der Waals surface area contributed by atoms with Crippen molar-refractivity contribution >= 4 is 17.7 Å². The molecule has 1 aromatic rings. The molecule has 19 heavy (non-hydrogen) atoms. The Hall–Kier alpha value is -1.00. The Morgan fingerprint density at radius 2 is 2.05 bits per heavy atom. The molecule has 1 aromatic carbocycles. The summed E-state index contributed by atoms with van der Waals surface area (Å²) in [5, 5.41) is 3.33. The minimum absolute atomic E-state index is 0.0732. The third kappa shape index (κ3) is 2.65. The first kappa shape index (κ1) is 13.0. The summed E-state index contributed by atoms with van der Waals surface area (Å²) in [5.74, 6) is 0.961. The summed E-state index contributed by atoms with van der Waals surface area (Å²) < 4.78 is 0. The largest absolute Gasteiger partial charge is 0.322 e. The van der Waals surface area contributed by atoms with E-state index in [0.29, 0.717) is 6.54 Å². The SMILES string of the molecule is CSc1ccc(C2NCC(=O)N2CC2CCC2)cc1. The lowest BCUT2D eigenvalue weighted by atomic mass is 9.85. The number of nitrogens with zero attached hydrogens (tertiary/aromatic N) is 1. The molecule has 1 unspecified atom stereocenters. The van der Waals surface area contributed by atoms with Crippen LogP contribution in [-0.4, -0.2) is 30.2 Å². The molecule has 3 rings (SSSR count). The monoisotopic (exact) mass is 276 g/mol. The molecular weight excluding hydrogens is 256 g/mol. The second-order valence-electron chi connectivity index (χ2n) is 5.40. The highest BCUT2D eigenvalue weighted by Crippen LogP contribution is 2.31. The number of nitrogens with one attached hydrogen (secondary N) is 1. The van der Waals surface area contributed by atoms with Gasteiger partial charge in [-0.3, -0.25) is 10.1 Å². The molecule has 102 valence electrons. The third-order valence-corrected chi connectivity index (χ3v) is 4.93. The Kier molecular flexibility index (Phi) is 3.80. The Bertz CT molecular complexity index is 456. The standard InChI is InChI=1S/C15H20N2OS/c1-19-13-7-5-12(6-8-13)15-16-9-14(18)17(15)10-11-3-2-4-11/h5-8,11,15-16H,2-4,9-10H2,1H3. The topological polar surface area (TPSA) is 32.3 Å². The van der Waals surface area contributed by atoms with E-state index in [0.717, 1.165) is 12.5 Å². The van der Waals surface area contributed by atoms with Crippen LogP contribution in [0.5, 0.6) is 0 Å². The van der Waals surface area contributed by atoms with Crippen molar-refractivity contribution < 1.29 is 4.79 Å². The van der Waals surface area contributed by atoms with Crippen molar-refractivity contribution in [2.75, 3.05) is 19.3 Å². The van der Waals surface area contributed by atoms with E-state index in [1.165, 1.54) is 29.7 Å². The van der Waals surface area contributed by atoms with Gasteiger partial charge in [-0.1, -0.05) is 18.6 Å². The van der Waals surface area contributed by atoms with E-state index < -0.39 is 0 Å². The number of carbonyl (C=O) groups is 1. The normalized spacial score (nSPS) is 23.7. The van der Waals surface area contributed by atoms with Crippen molar-refractivity contribution in [3.63, 3.8) is 0 Å². The van der Waals surface area contributed by atoms with Crippen molar-refractivity contribution in [2.24, 2.45) is 5.92 Å². The number of hydrogen-bond acceptors (Lipinski definition) is 3. The van der Waals surface area contributed by atoms with Crippen LogP contribution in [0.2, 0.25) is 0 Å². The lowest BCUT2D eigenvalue weighted by Gasteiger charge is -2.33. The van der Waals surface area contributed by atoms with Gasteiger partial charge in [0, 0.05) is 11.4 Å². The van der Waals surface area contributed by atoms with Crippen LogP contribution in [0.3, 0.4) is 0 Å². The van der Waals surface area contributed by atoms with Gasteiger partial charge in [0.25, 0.3) is 0 Å². The van der Waals surface area contributed by atoms with Gasteiger partial charge in [0.1, 0.15) is 6.17 Å². The summed E-state index contributed by atoms with van der Waals surface area (Å²) in [6.07, 6.45) is 6.04. The molecule has 1 atom stereocenters. The summed E-state index contributed by atoms with van der Waals surface area (Å²) in [6.45, 7) is 1.39. The maximum atomic E-state index is 12.0. The van der Waals surface area contributed by atoms with Crippen molar-refractivity contribution in [3.8, 4) is 0 Å². The highest BCUT2D eigenvalue weighted by Gasteiger charge is 2.34. The molecule has 1 aliphatic heterocycles. The van der Waals surface area contributed by atoms with E-state index in [9.17, 15) is 4.79 Å². The van der Waals surface area contributed by atoms with E-state index in [1.54, 1.807) is 11.8 Å². The molecule has 1 aliphatic carbocycles. The number of thioether (sulfide) groups is 1. The van der Waals surface area contributed by atoms with Crippen molar-refractivity contribution in [1.29, 1.82) is 0 Å². The van der Waals surface area contributed by atoms with Crippen LogP contribution in [0.4, 0.5) is 0 Å². The predicted octanol–water partition coefficient (Wildman–Crippen LogP) is 2.64. The first-order valence-corrected chi connectivity index (χ1v) is 8.17. The summed E-state index contributed by atoms with van der Waals surface area (Å²) in [6, 6.07) is 8.53. The average molecular weight is 276 g/mol. The molecule has 2 fully saturated rings. The quantitative estimate of drug-likeness (QED) is 0.858. The molecule has 1 saturated carbocycles. The van der Waals surface area contributed by atoms with Crippen molar-refractivity contribution in [2.45, 2.75) is 30.3 Å². The van der Waals surface area contributed by atoms with E-state index in [4.69, 9.17) is 0 Å². The zero-order valence-electron chi connectivity index (χ0n) is 11.3. The Morgan fingerprint density at radius 1 is 1.32 bits per heavy atom. The first-order chi connectivity index (χ1) is 9.28. The molecule has 1 N–H and O–H groups in total. The zero-order valence-corrected chi connectivity index (χ0v) is 12.1. The van der Waals surface area contributed by atoms with Crippen LogP contribution in [0.15, 0.2) is 29.2 Å². The van der Waals surface area contributed by atoms with Crippen LogP contribution in [0.25, 0.3) is 0 Å². The van der Waals surface area contributed by atoms with Crippen LogP contribution in [0.1, 0.15) is 31.0 Å². The minimum atomic E-state index is 0.0732. The summed E-state index contributed by atoms with van der Waals surface area (Å²) in [7, 11) is 0. The fourth-order valence-electron chi connectivity index (χ4n) is 2.78. The second kappa shape index (κ2) is 5.55. The maximum absolute atomic E-state index is 12.0. The molecule has 4 heteroatoms. The molecule has 3 nitrogen and oxygen atoms in total. The fraction of sp³-hybridized carbons (Fsp3) is 0.533. The Morgan fingerprint density at radius 3 is 2.63 bits per heavy atom. The number of amides is 1. The molecular formula is C15H20N2OS. The highest BCUT2D eigenvalue weighted by atomic mass is 32.2. The smallest absolute Gasteiger partial charge is 0.238 e. The van der Waals surface area contributed by atoms with E-state index >= 15 is 0 Å². The van der Waals surface area contributed by atoms with Gasteiger partial charge < -0.3 is 4.90 Å². The van der Waals surface area contributed by atoms with Gasteiger partial charge in [-0.2, -0.15) is 0 Å². The molecule has 2 aliphatic rings. The van der Waals surface area contributed by atoms with Crippen molar-refractivity contribution in [3.05, 3.63) is 29.8 Å². The molecule has 0 bridgehead atoms. The number of hydrogen-bond donors (Lipinski definition) is 1. The van der Waals surface area contributed by atoms with Crippen LogP contribution in [0, 0.1) is 5.92 Å². The summed E-state index contributed by atoms with van der Waals surface area (Å²) >= 11 is 1.74. The molecule has 0 radical (unpaired) electrons. The van der Waals surface area contributed by atoms with Gasteiger partial charge in [0.05, 0.1) is 6.54 Å². The van der Waals surface area contributed by atoms with Gasteiger partial charge >= 0.3 is 0 Å². The first-order valence-electron chi connectivity index (χ1n) is 6.95. The average Bonchev–Trinajstić information content (AvgIpc) is 2.75. The lowest BCUT2D eigenvalue weighted by Crippen LogP contribution is -2.36. The third-order valence-electron chi connectivity index (χ3n) is 4.19. The molecule has 0 aromatic heterocycles. The van der Waals surface area contributed by atoms with E-state index in [1.807, 2.05) is 4.90 Å². The van der Waals surface area contributed by atoms with Crippen LogP contribution < -0.4 is 5.32 Å². The number of benzene rings is 1.